The van der Waals surface area contributed by atoms with Gasteiger partial charge in [0.25, 0.3) is 0 Å². The molecule has 4 atom stereocenters. The van der Waals surface area contributed by atoms with Gasteiger partial charge in [0.1, 0.15) is 0 Å². The number of hydrogen-bond acceptors (Lipinski definition) is 0. The molecule has 0 radical (unpaired) electrons. The molecular formula is C16H28. The summed E-state index contributed by atoms with van der Waals surface area (Å²) in [6, 6.07) is 0. The zero-order valence-corrected chi connectivity index (χ0v) is 12.3. The monoisotopic (exact) mass is 220 g/mol. The average molecular weight is 220 g/mol. The Morgan fingerprint density at radius 1 is 0.625 bits per heavy atom. The minimum absolute atomic E-state index is 0.431. The van der Waals surface area contributed by atoms with Crippen LogP contribution < -0.4 is 0 Å². The SMILES string of the molecule is CC1=C(C)C2(C)C(C)C(C)C1(C)C(C)C2C. The molecular weight excluding hydrogens is 192 g/mol. The zero-order chi connectivity index (χ0) is 12.5. The molecule has 0 saturated heterocycles. The molecule has 0 heterocycles. The lowest BCUT2D eigenvalue weighted by Crippen LogP contribution is -2.59. The number of allylic oxidation sites excluding steroid dienone is 2. The Balaban J connectivity index is 2.72. The van der Waals surface area contributed by atoms with Crippen molar-refractivity contribution in [3.8, 4) is 0 Å². The topological polar surface area (TPSA) is 0 Å². The van der Waals surface area contributed by atoms with Crippen LogP contribution in [0.1, 0.15) is 55.4 Å². The maximum Gasteiger partial charge on any atom is -0.00594 e. The van der Waals surface area contributed by atoms with Crippen LogP contribution in [-0.4, -0.2) is 0 Å². The van der Waals surface area contributed by atoms with Crippen molar-refractivity contribution in [1.82, 2.24) is 0 Å². The number of rotatable bonds is 0. The van der Waals surface area contributed by atoms with Crippen molar-refractivity contribution in [2.45, 2.75) is 55.4 Å². The second-order valence-electron chi connectivity index (χ2n) is 6.97. The average Bonchev–Trinajstić information content (AvgIpc) is 2.27. The first-order chi connectivity index (χ1) is 7.20. The van der Waals surface area contributed by atoms with Gasteiger partial charge in [-0.25, -0.2) is 0 Å². The molecule has 0 nitrogen and oxygen atoms in total. The van der Waals surface area contributed by atoms with Crippen LogP contribution in [0.4, 0.5) is 0 Å². The molecule has 3 aliphatic rings. The summed E-state index contributed by atoms with van der Waals surface area (Å²) in [4.78, 5) is 0. The molecule has 0 amide bonds. The van der Waals surface area contributed by atoms with Gasteiger partial charge in [-0.15, -0.1) is 0 Å². The third-order valence-electron chi connectivity index (χ3n) is 7.46. The summed E-state index contributed by atoms with van der Waals surface area (Å²) in [7, 11) is 0. The molecule has 0 N–H and O–H groups in total. The van der Waals surface area contributed by atoms with Gasteiger partial charge >= 0.3 is 0 Å². The van der Waals surface area contributed by atoms with Crippen molar-refractivity contribution >= 4 is 0 Å². The fourth-order valence-corrected chi connectivity index (χ4v) is 5.08. The van der Waals surface area contributed by atoms with Gasteiger partial charge in [-0.05, 0) is 48.3 Å². The lowest BCUT2D eigenvalue weighted by Gasteiger charge is -2.66. The van der Waals surface area contributed by atoms with Crippen molar-refractivity contribution in [2.75, 3.05) is 0 Å². The van der Waals surface area contributed by atoms with Crippen LogP contribution in [0.2, 0.25) is 0 Å². The molecule has 0 aliphatic heterocycles. The lowest BCUT2D eigenvalue weighted by atomic mass is 9.38. The summed E-state index contributed by atoms with van der Waals surface area (Å²) in [6.45, 7) is 19.7. The van der Waals surface area contributed by atoms with Crippen LogP contribution in [0, 0.1) is 34.5 Å². The first kappa shape index (κ1) is 12.2. The Bertz CT molecular complexity index is 297. The molecule has 0 spiro atoms. The molecule has 0 heteroatoms. The summed E-state index contributed by atoms with van der Waals surface area (Å²) < 4.78 is 0. The highest BCUT2D eigenvalue weighted by molar-refractivity contribution is 5.36. The highest BCUT2D eigenvalue weighted by Gasteiger charge is 2.61. The van der Waals surface area contributed by atoms with Crippen molar-refractivity contribution < 1.29 is 0 Å². The number of fused-ring (bicyclic) bond motifs is 2. The fraction of sp³-hybridized carbons (Fsp3) is 0.875. The van der Waals surface area contributed by atoms with Crippen molar-refractivity contribution in [3.05, 3.63) is 11.1 Å². The first-order valence-electron chi connectivity index (χ1n) is 6.88. The van der Waals surface area contributed by atoms with E-state index in [2.05, 4.69) is 55.4 Å². The van der Waals surface area contributed by atoms with Crippen LogP contribution >= 0.6 is 0 Å². The van der Waals surface area contributed by atoms with E-state index in [1.807, 2.05) is 0 Å². The van der Waals surface area contributed by atoms with Gasteiger partial charge in [0.05, 0.1) is 0 Å². The molecule has 0 aromatic heterocycles. The maximum atomic E-state index is 2.51. The van der Waals surface area contributed by atoms with Crippen LogP contribution in [0.15, 0.2) is 11.1 Å². The predicted octanol–water partition coefficient (Wildman–Crippen LogP) is 4.91. The predicted molar refractivity (Wildman–Crippen MR) is 71.2 cm³/mol. The summed E-state index contributed by atoms with van der Waals surface area (Å²) in [5.74, 6) is 3.25. The third kappa shape index (κ3) is 0.978. The lowest BCUT2D eigenvalue weighted by molar-refractivity contribution is -0.0947. The van der Waals surface area contributed by atoms with E-state index in [0.717, 1.165) is 23.7 Å². The second kappa shape index (κ2) is 3.15. The van der Waals surface area contributed by atoms with Crippen molar-refractivity contribution in [1.29, 1.82) is 0 Å². The van der Waals surface area contributed by atoms with E-state index in [9.17, 15) is 0 Å². The molecule has 1 fully saturated rings. The molecule has 0 aromatic rings. The van der Waals surface area contributed by atoms with Crippen molar-refractivity contribution in [2.24, 2.45) is 34.5 Å². The Morgan fingerprint density at radius 2 is 0.812 bits per heavy atom. The van der Waals surface area contributed by atoms with E-state index in [4.69, 9.17) is 0 Å². The second-order valence-corrected chi connectivity index (χ2v) is 6.97. The minimum Gasteiger partial charge on any atom is -0.0673 e. The molecule has 1 saturated carbocycles. The Labute approximate surface area is 102 Å². The normalized spacial score (nSPS) is 57.0. The molecule has 92 valence electrons. The molecule has 2 bridgehead atoms. The van der Waals surface area contributed by atoms with Gasteiger partial charge < -0.3 is 0 Å². The zero-order valence-electron chi connectivity index (χ0n) is 12.3. The number of hydrogen-bond donors (Lipinski definition) is 0. The van der Waals surface area contributed by atoms with Crippen LogP contribution in [0.25, 0.3) is 0 Å². The van der Waals surface area contributed by atoms with Gasteiger partial charge in [0, 0.05) is 0 Å². The molecule has 3 aliphatic carbocycles. The Morgan fingerprint density at radius 3 is 1.00 bits per heavy atom. The Kier molecular flexibility index (Phi) is 2.40. The van der Waals surface area contributed by atoms with Gasteiger partial charge in [0.2, 0.25) is 0 Å². The van der Waals surface area contributed by atoms with Gasteiger partial charge in [-0.2, -0.15) is 0 Å². The van der Waals surface area contributed by atoms with Gasteiger partial charge in [-0.1, -0.05) is 52.7 Å². The van der Waals surface area contributed by atoms with E-state index in [1.165, 1.54) is 0 Å². The first-order valence-corrected chi connectivity index (χ1v) is 6.88. The maximum absolute atomic E-state index is 2.51. The smallest absolute Gasteiger partial charge is 0.00594 e. The van der Waals surface area contributed by atoms with E-state index in [0.29, 0.717) is 10.8 Å². The molecule has 0 aromatic carbocycles. The van der Waals surface area contributed by atoms with Crippen molar-refractivity contribution in [3.63, 3.8) is 0 Å². The van der Waals surface area contributed by atoms with Gasteiger partial charge in [0.15, 0.2) is 0 Å². The molecule has 3 rings (SSSR count). The van der Waals surface area contributed by atoms with Gasteiger partial charge in [-0.3, -0.25) is 0 Å². The summed E-state index contributed by atoms with van der Waals surface area (Å²) in [5, 5.41) is 0. The largest absolute Gasteiger partial charge is 0.0673 e. The molecule has 16 heavy (non-hydrogen) atoms. The van der Waals surface area contributed by atoms with Crippen LogP contribution in [-0.2, 0) is 0 Å². The molecule has 4 unspecified atom stereocenters. The Hall–Kier alpha value is -0.260. The highest BCUT2D eigenvalue weighted by Crippen LogP contribution is 2.68. The standard InChI is InChI=1S/C16H28/c1-9-10(2)16(8)13(5)11(3)15(9,7)12(4)14(16)6/h9-11,13H,1-8H3. The van der Waals surface area contributed by atoms with E-state index in [1.54, 1.807) is 11.1 Å². The van der Waals surface area contributed by atoms with E-state index >= 15 is 0 Å². The minimum atomic E-state index is 0.431. The summed E-state index contributed by atoms with van der Waals surface area (Å²) >= 11 is 0. The van der Waals surface area contributed by atoms with Crippen LogP contribution in [0.5, 0.6) is 0 Å². The van der Waals surface area contributed by atoms with E-state index < -0.39 is 0 Å². The summed E-state index contributed by atoms with van der Waals surface area (Å²) in [5.41, 5.74) is 4.24. The fourth-order valence-electron chi connectivity index (χ4n) is 5.08. The highest BCUT2D eigenvalue weighted by atomic mass is 14.6. The van der Waals surface area contributed by atoms with E-state index in [-0.39, 0.29) is 0 Å². The summed E-state index contributed by atoms with van der Waals surface area (Å²) in [6.07, 6.45) is 0. The quantitative estimate of drug-likeness (QED) is 0.509. The van der Waals surface area contributed by atoms with Crippen LogP contribution in [0.3, 0.4) is 0 Å². The third-order valence-corrected chi connectivity index (χ3v) is 7.46.